The van der Waals surface area contributed by atoms with Gasteiger partial charge in [-0.05, 0) is 54.5 Å². The van der Waals surface area contributed by atoms with Crippen molar-refractivity contribution in [3.05, 3.63) is 40.7 Å². The Bertz CT molecular complexity index is 431. The Morgan fingerprint density at radius 1 is 1.33 bits per heavy atom. The molecule has 1 fully saturated rings. The van der Waals surface area contributed by atoms with Crippen LogP contribution in [0.5, 0.6) is 0 Å². The highest BCUT2D eigenvalue weighted by molar-refractivity contribution is 5.57. The molecule has 0 spiro atoms. The SMILES string of the molecule is Cc1ccc(F)cc1/C=C(/CO)C1CCCCC1. The summed E-state index contributed by atoms with van der Waals surface area (Å²) in [5.74, 6) is 0.263. The van der Waals surface area contributed by atoms with Gasteiger partial charge in [0.1, 0.15) is 5.82 Å². The van der Waals surface area contributed by atoms with Crippen molar-refractivity contribution in [2.24, 2.45) is 5.92 Å². The van der Waals surface area contributed by atoms with E-state index < -0.39 is 0 Å². The fourth-order valence-corrected chi connectivity index (χ4v) is 2.73. The van der Waals surface area contributed by atoms with E-state index in [1.165, 1.54) is 25.3 Å². The molecular weight excluding hydrogens is 227 g/mol. The van der Waals surface area contributed by atoms with E-state index in [2.05, 4.69) is 0 Å². The summed E-state index contributed by atoms with van der Waals surface area (Å²) in [7, 11) is 0. The zero-order valence-electron chi connectivity index (χ0n) is 11.0. The van der Waals surface area contributed by atoms with E-state index in [1.807, 2.05) is 13.0 Å². The molecule has 98 valence electrons. The normalized spacial score (nSPS) is 18.1. The summed E-state index contributed by atoms with van der Waals surface area (Å²) in [4.78, 5) is 0. The molecule has 0 heterocycles. The zero-order valence-corrected chi connectivity index (χ0v) is 11.0. The van der Waals surface area contributed by atoms with Gasteiger partial charge in [0.15, 0.2) is 0 Å². The molecular formula is C16H21FO. The third-order valence-electron chi connectivity index (χ3n) is 3.89. The van der Waals surface area contributed by atoms with Crippen LogP contribution in [0.25, 0.3) is 6.08 Å². The lowest BCUT2D eigenvalue weighted by atomic mass is 9.83. The van der Waals surface area contributed by atoms with Crippen LogP contribution < -0.4 is 0 Å². The fourth-order valence-electron chi connectivity index (χ4n) is 2.73. The van der Waals surface area contributed by atoms with E-state index in [-0.39, 0.29) is 12.4 Å². The average molecular weight is 248 g/mol. The topological polar surface area (TPSA) is 20.2 Å². The second-order valence-electron chi connectivity index (χ2n) is 5.21. The highest BCUT2D eigenvalue weighted by Gasteiger charge is 2.17. The molecule has 0 atom stereocenters. The predicted molar refractivity (Wildman–Crippen MR) is 72.8 cm³/mol. The van der Waals surface area contributed by atoms with Crippen LogP contribution in [0.15, 0.2) is 23.8 Å². The van der Waals surface area contributed by atoms with Crippen molar-refractivity contribution in [3.63, 3.8) is 0 Å². The Morgan fingerprint density at radius 3 is 2.72 bits per heavy atom. The van der Waals surface area contributed by atoms with Crippen molar-refractivity contribution in [2.45, 2.75) is 39.0 Å². The van der Waals surface area contributed by atoms with Gasteiger partial charge in [-0.2, -0.15) is 0 Å². The molecule has 1 aromatic rings. The molecule has 0 saturated heterocycles. The number of hydrogen-bond acceptors (Lipinski definition) is 1. The summed E-state index contributed by atoms with van der Waals surface area (Å²) in [6.45, 7) is 2.06. The lowest BCUT2D eigenvalue weighted by Crippen LogP contribution is -2.11. The van der Waals surface area contributed by atoms with Crippen LogP contribution in [0, 0.1) is 18.7 Å². The minimum atomic E-state index is -0.215. The Balaban J connectivity index is 2.24. The first kappa shape index (κ1) is 13.3. The van der Waals surface area contributed by atoms with Crippen LogP contribution in [0.2, 0.25) is 0 Å². The van der Waals surface area contributed by atoms with Gasteiger partial charge in [-0.3, -0.25) is 0 Å². The Labute approximate surface area is 108 Å². The Hall–Kier alpha value is -1.15. The highest BCUT2D eigenvalue weighted by atomic mass is 19.1. The molecule has 1 aromatic carbocycles. The molecule has 0 unspecified atom stereocenters. The van der Waals surface area contributed by atoms with E-state index in [0.717, 1.165) is 29.5 Å². The van der Waals surface area contributed by atoms with Gasteiger partial charge in [0.2, 0.25) is 0 Å². The van der Waals surface area contributed by atoms with Gasteiger partial charge in [0, 0.05) is 0 Å². The molecule has 0 bridgehead atoms. The van der Waals surface area contributed by atoms with Gasteiger partial charge in [-0.15, -0.1) is 0 Å². The molecule has 0 amide bonds. The van der Waals surface area contributed by atoms with Crippen molar-refractivity contribution in [1.29, 1.82) is 0 Å². The number of aliphatic hydroxyl groups is 1. The fraction of sp³-hybridized carbons (Fsp3) is 0.500. The number of aliphatic hydroxyl groups excluding tert-OH is 1. The monoisotopic (exact) mass is 248 g/mol. The Morgan fingerprint density at radius 2 is 2.06 bits per heavy atom. The molecule has 1 aliphatic carbocycles. The third-order valence-corrected chi connectivity index (χ3v) is 3.89. The molecule has 1 N–H and O–H groups in total. The maximum absolute atomic E-state index is 13.3. The predicted octanol–water partition coefficient (Wildman–Crippen LogP) is 4.09. The highest BCUT2D eigenvalue weighted by Crippen LogP contribution is 2.31. The van der Waals surface area contributed by atoms with E-state index in [4.69, 9.17) is 0 Å². The van der Waals surface area contributed by atoms with E-state index in [0.29, 0.717) is 5.92 Å². The first-order chi connectivity index (χ1) is 8.70. The van der Waals surface area contributed by atoms with Crippen molar-refractivity contribution < 1.29 is 9.50 Å². The maximum atomic E-state index is 13.3. The quantitative estimate of drug-likeness (QED) is 0.854. The summed E-state index contributed by atoms with van der Waals surface area (Å²) >= 11 is 0. The maximum Gasteiger partial charge on any atom is 0.123 e. The minimum absolute atomic E-state index is 0.0839. The number of halogens is 1. The summed E-state index contributed by atoms with van der Waals surface area (Å²) < 4.78 is 13.3. The summed E-state index contributed by atoms with van der Waals surface area (Å²) in [5.41, 5.74) is 3.01. The van der Waals surface area contributed by atoms with Crippen LogP contribution in [-0.2, 0) is 0 Å². The van der Waals surface area contributed by atoms with Crippen molar-refractivity contribution in [2.75, 3.05) is 6.61 Å². The molecule has 2 heteroatoms. The van der Waals surface area contributed by atoms with E-state index >= 15 is 0 Å². The zero-order chi connectivity index (χ0) is 13.0. The van der Waals surface area contributed by atoms with Gasteiger partial charge in [0.05, 0.1) is 6.61 Å². The van der Waals surface area contributed by atoms with Crippen molar-refractivity contribution in [3.8, 4) is 0 Å². The van der Waals surface area contributed by atoms with Crippen LogP contribution in [0.4, 0.5) is 4.39 Å². The first-order valence-corrected chi connectivity index (χ1v) is 6.78. The lowest BCUT2D eigenvalue weighted by Gasteiger charge is -2.23. The standard InChI is InChI=1S/C16H21FO/c1-12-7-8-16(17)10-14(12)9-15(11-18)13-5-3-2-4-6-13/h7-10,13,18H,2-6,11H2,1H3/b15-9-. The molecule has 0 aromatic heterocycles. The molecule has 1 nitrogen and oxygen atoms in total. The first-order valence-electron chi connectivity index (χ1n) is 6.78. The van der Waals surface area contributed by atoms with Gasteiger partial charge >= 0.3 is 0 Å². The number of benzene rings is 1. The number of hydrogen-bond donors (Lipinski definition) is 1. The Kier molecular flexibility index (Phi) is 4.54. The van der Waals surface area contributed by atoms with Crippen molar-refractivity contribution in [1.82, 2.24) is 0 Å². The minimum Gasteiger partial charge on any atom is -0.392 e. The summed E-state index contributed by atoms with van der Waals surface area (Å²) in [6, 6.07) is 4.82. The summed E-state index contributed by atoms with van der Waals surface area (Å²) in [5, 5.41) is 9.54. The largest absolute Gasteiger partial charge is 0.392 e. The van der Waals surface area contributed by atoms with Crippen LogP contribution in [-0.4, -0.2) is 11.7 Å². The molecule has 1 saturated carbocycles. The summed E-state index contributed by atoms with van der Waals surface area (Å²) in [6.07, 6.45) is 8.07. The third kappa shape index (κ3) is 3.20. The molecule has 1 aliphatic rings. The van der Waals surface area contributed by atoms with E-state index in [9.17, 15) is 9.50 Å². The smallest absolute Gasteiger partial charge is 0.123 e. The average Bonchev–Trinajstić information content (AvgIpc) is 2.41. The molecule has 18 heavy (non-hydrogen) atoms. The number of aryl methyl sites for hydroxylation is 1. The number of rotatable bonds is 3. The second kappa shape index (κ2) is 6.14. The lowest BCUT2D eigenvalue weighted by molar-refractivity contribution is 0.295. The van der Waals surface area contributed by atoms with E-state index in [1.54, 1.807) is 12.1 Å². The molecule has 0 aliphatic heterocycles. The molecule has 2 rings (SSSR count). The second-order valence-corrected chi connectivity index (χ2v) is 5.21. The van der Waals surface area contributed by atoms with Crippen LogP contribution in [0.1, 0.15) is 43.2 Å². The van der Waals surface area contributed by atoms with Gasteiger partial charge < -0.3 is 5.11 Å². The van der Waals surface area contributed by atoms with Crippen LogP contribution >= 0.6 is 0 Å². The van der Waals surface area contributed by atoms with Gasteiger partial charge in [0.25, 0.3) is 0 Å². The van der Waals surface area contributed by atoms with Gasteiger partial charge in [-0.25, -0.2) is 4.39 Å². The molecule has 0 radical (unpaired) electrons. The van der Waals surface area contributed by atoms with Crippen molar-refractivity contribution >= 4 is 6.08 Å². The van der Waals surface area contributed by atoms with Crippen LogP contribution in [0.3, 0.4) is 0 Å². The van der Waals surface area contributed by atoms with Gasteiger partial charge in [-0.1, -0.05) is 31.4 Å².